The number of nitrogens with two attached hydrogens (primary N) is 1. The summed E-state index contributed by atoms with van der Waals surface area (Å²) in [5.41, 5.74) is 6.50. The van der Waals surface area contributed by atoms with Crippen LogP contribution in [0.1, 0.15) is 33.1 Å². The first-order chi connectivity index (χ1) is 15.8. The first-order valence-electron chi connectivity index (χ1n) is 11.5. The van der Waals surface area contributed by atoms with Crippen LogP contribution < -0.4 is 20.7 Å². The van der Waals surface area contributed by atoms with Gasteiger partial charge in [-0.25, -0.2) is 0 Å². The van der Waals surface area contributed by atoms with Crippen LogP contribution in [0.2, 0.25) is 0 Å². The van der Waals surface area contributed by atoms with Crippen LogP contribution in [-0.2, 0) is 14.3 Å². The van der Waals surface area contributed by atoms with Crippen molar-refractivity contribution in [3.05, 3.63) is 18.2 Å². The van der Waals surface area contributed by atoms with E-state index in [9.17, 15) is 18.4 Å². The Hall–Kier alpha value is -2.30. The van der Waals surface area contributed by atoms with Gasteiger partial charge >= 0.3 is 6.61 Å². The molecule has 1 aromatic rings. The molecule has 3 rings (SSSR count). The van der Waals surface area contributed by atoms with Gasteiger partial charge in [0, 0.05) is 37.9 Å². The lowest BCUT2D eigenvalue weighted by Crippen LogP contribution is -2.52. The second kappa shape index (κ2) is 11.7. The lowest BCUT2D eigenvalue weighted by atomic mass is 9.84. The number of benzene rings is 1. The molecule has 1 atom stereocenters. The third-order valence-electron chi connectivity index (χ3n) is 6.00. The first kappa shape index (κ1) is 25.3. The lowest BCUT2D eigenvalue weighted by Gasteiger charge is -2.37. The molecule has 1 aromatic carbocycles. The van der Waals surface area contributed by atoms with Gasteiger partial charge in [-0.3, -0.25) is 14.5 Å². The quantitative estimate of drug-likeness (QED) is 0.518. The van der Waals surface area contributed by atoms with Gasteiger partial charge in [0.05, 0.1) is 12.3 Å². The van der Waals surface area contributed by atoms with Crippen molar-refractivity contribution in [3.8, 4) is 5.75 Å². The van der Waals surface area contributed by atoms with Crippen LogP contribution in [0.3, 0.4) is 0 Å². The highest BCUT2D eigenvalue weighted by atomic mass is 19.3. The molecule has 0 radical (unpaired) electrons. The van der Waals surface area contributed by atoms with Crippen LogP contribution >= 0.6 is 0 Å². The maximum absolute atomic E-state index is 13.1. The van der Waals surface area contributed by atoms with Crippen molar-refractivity contribution >= 4 is 23.2 Å². The number of ether oxygens (including phenoxy) is 2. The van der Waals surface area contributed by atoms with E-state index in [0.29, 0.717) is 24.1 Å². The number of rotatable bonds is 11. The molecular formula is C23H34F2N4O4. The van der Waals surface area contributed by atoms with E-state index in [2.05, 4.69) is 28.8 Å². The number of amides is 2. The summed E-state index contributed by atoms with van der Waals surface area (Å²) in [4.78, 5) is 28.8. The standard InChI is InChI=1S/C23H34F2N4O4/c1-15(2)12-28(13-16-4-3-5-16)19(11-26)22(31)27-17-6-7-18(20(10-17)33-23(24)25)29-8-9-32-14-21(29)30/h6-7,10,15-16,19,23H,3-5,8-9,11-14,26H2,1-2H3,(H,27,31)/t19-/m1/s1. The summed E-state index contributed by atoms with van der Waals surface area (Å²) in [6.45, 7) is 3.20. The number of hydrogen-bond acceptors (Lipinski definition) is 6. The third kappa shape index (κ3) is 6.84. The molecule has 0 bridgehead atoms. The Kier molecular flexibility index (Phi) is 8.99. The molecule has 3 N–H and O–H groups in total. The highest BCUT2D eigenvalue weighted by Crippen LogP contribution is 2.34. The zero-order chi connectivity index (χ0) is 24.0. The molecule has 1 saturated carbocycles. The Morgan fingerprint density at radius 1 is 1.36 bits per heavy atom. The molecule has 2 fully saturated rings. The molecule has 33 heavy (non-hydrogen) atoms. The van der Waals surface area contributed by atoms with E-state index in [1.807, 2.05) is 0 Å². The number of morpholine rings is 1. The summed E-state index contributed by atoms with van der Waals surface area (Å²) < 4.78 is 35.9. The van der Waals surface area contributed by atoms with Crippen molar-refractivity contribution in [3.63, 3.8) is 0 Å². The van der Waals surface area contributed by atoms with Gasteiger partial charge in [0.2, 0.25) is 5.91 Å². The molecule has 10 heteroatoms. The van der Waals surface area contributed by atoms with E-state index < -0.39 is 12.7 Å². The van der Waals surface area contributed by atoms with E-state index in [-0.39, 0.29) is 42.9 Å². The van der Waals surface area contributed by atoms with E-state index in [1.54, 1.807) is 6.07 Å². The van der Waals surface area contributed by atoms with E-state index in [4.69, 9.17) is 10.5 Å². The molecule has 1 heterocycles. The zero-order valence-electron chi connectivity index (χ0n) is 19.3. The predicted octanol–water partition coefficient (Wildman–Crippen LogP) is 2.68. The van der Waals surface area contributed by atoms with Gasteiger partial charge in [-0.05, 0) is 36.8 Å². The minimum Gasteiger partial charge on any atom is -0.433 e. The minimum absolute atomic E-state index is 0.128. The van der Waals surface area contributed by atoms with Crippen LogP contribution in [0.15, 0.2) is 18.2 Å². The largest absolute Gasteiger partial charge is 0.433 e. The summed E-state index contributed by atoms with van der Waals surface area (Å²) in [5.74, 6) is 0.109. The zero-order valence-corrected chi connectivity index (χ0v) is 19.3. The number of carbonyl (C=O) groups is 2. The van der Waals surface area contributed by atoms with Crippen LogP contribution in [0.4, 0.5) is 20.2 Å². The Bertz CT molecular complexity index is 820. The van der Waals surface area contributed by atoms with Gasteiger partial charge in [-0.15, -0.1) is 0 Å². The average molecular weight is 469 g/mol. The summed E-state index contributed by atoms with van der Waals surface area (Å²) in [6, 6.07) is 3.84. The fraction of sp³-hybridized carbons (Fsp3) is 0.652. The highest BCUT2D eigenvalue weighted by molar-refractivity contribution is 5.98. The van der Waals surface area contributed by atoms with Crippen molar-refractivity contribution in [1.29, 1.82) is 0 Å². The SMILES string of the molecule is CC(C)CN(CC1CCC1)[C@H](CN)C(=O)Nc1ccc(N2CCOCC2=O)c(OC(F)F)c1. The van der Waals surface area contributed by atoms with Crippen LogP contribution in [0.5, 0.6) is 5.75 Å². The Balaban J connectivity index is 1.78. The van der Waals surface area contributed by atoms with E-state index >= 15 is 0 Å². The predicted molar refractivity (Wildman–Crippen MR) is 121 cm³/mol. The summed E-state index contributed by atoms with van der Waals surface area (Å²) in [6.07, 6.45) is 3.53. The number of halogens is 2. The third-order valence-corrected chi connectivity index (χ3v) is 6.00. The molecule has 0 unspecified atom stereocenters. The van der Waals surface area contributed by atoms with Gasteiger partial charge in [-0.1, -0.05) is 20.3 Å². The van der Waals surface area contributed by atoms with Crippen LogP contribution in [0.25, 0.3) is 0 Å². The van der Waals surface area contributed by atoms with Crippen LogP contribution in [0, 0.1) is 11.8 Å². The summed E-state index contributed by atoms with van der Waals surface area (Å²) in [5, 5.41) is 2.80. The lowest BCUT2D eigenvalue weighted by molar-refractivity contribution is -0.126. The van der Waals surface area contributed by atoms with Crippen molar-refractivity contribution in [2.24, 2.45) is 17.6 Å². The monoisotopic (exact) mass is 468 g/mol. The number of nitrogens with one attached hydrogen (secondary N) is 1. The summed E-state index contributed by atoms with van der Waals surface area (Å²) >= 11 is 0. The van der Waals surface area contributed by atoms with Gasteiger partial charge in [0.25, 0.3) is 5.91 Å². The van der Waals surface area contributed by atoms with Gasteiger partial charge in [0.1, 0.15) is 12.6 Å². The molecule has 1 aliphatic carbocycles. The van der Waals surface area contributed by atoms with Crippen molar-refractivity contribution in [2.75, 3.05) is 49.6 Å². The number of alkyl halides is 2. The molecule has 0 aromatic heterocycles. The maximum Gasteiger partial charge on any atom is 0.387 e. The topological polar surface area (TPSA) is 97.1 Å². The van der Waals surface area contributed by atoms with Gasteiger partial charge in [0.15, 0.2) is 5.75 Å². The maximum atomic E-state index is 13.1. The van der Waals surface area contributed by atoms with E-state index in [0.717, 1.165) is 25.9 Å². The van der Waals surface area contributed by atoms with Gasteiger partial charge < -0.3 is 25.4 Å². The molecular weight excluding hydrogens is 434 g/mol. The second-order valence-corrected chi connectivity index (χ2v) is 9.04. The molecule has 184 valence electrons. The molecule has 0 spiro atoms. The normalized spacial score (nSPS) is 18.1. The van der Waals surface area contributed by atoms with Crippen molar-refractivity contribution < 1.29 is 27.8 Å². The fourth-order valence-corrected chi connectivity index (χ4v) is 4.23. The van der Waals surface area contributed by atoms with E-state index in [1.165, 1.54) is 23.5 Å². The number of anilines is 2. The Morgan fingerprint density at radius 3 is 2.70 bits per heavy atom. The number of nitrogens with zero attached hydrogens (tertiary/aromatic N) is 2. The molecule has 2 aliphatic rings. The van der Waals surface area contributed by atoms with Crippen molar-refractivity contribution in [1.82, 2.24) is 4.90 Å². The van der Waals surface area contributed by atoms with Crippen molar-refractivity contribution in [2.45, 2.75) is 45.8 Å². The first-order valence-corrected chi connectivity index (χ1v) is 11.5. The fourth-order valence-electron chi connectivity index (χ4n) is 4.23. The number of carbonyl (C=O) groups excluding carboxylic acids is 2. The average Bonchev–Trinajstić information content (AvgIpc) is 2.71. The Labute approximate surface area is 193 Å². The van der Waals surface area contributed by atoms with Gasteiger partial charge in [-0.2, -0.15) is 8.78 Å². The molecule has 8 nitrogen and oxygen atoms in total. The minimum atomic E-state index is -3.08. The molecule has 2 amide bonds. The Morgan fingerprint density at radius 2 is 2.12 bits per heavy atom. The highest BCUT2D eigenvalue weighted by Gasteiger charge is 2.30. The number of hydrogen-bond donors (Lipinski definition) is 2. The molecule has 1 saturated heterocycles. The second-order valence-electron chi connectivity index (χ2n) is 9.04. The molecule has 1 aliphatic heterocycles. The van der Waals surface area contributed by atoms with Crippen LogP contribution in [-0.4, -0.2) is 68.8 Å². The smallest absolute Gasteiger partial charge is 0.387 e. The summed E-state index contributed by atoms with van der Waals surface area (Å²) in [7, 11) is 0.